The summed E-state index contributed by atoms with van der Waals surface area (Å²) >= 11 is 0. The topological polar surface area (TPSA) is 78.9 Å². The molecule has 0 saturated heterocycles. The van der Waals surface area contributed by atoms with Crippen molar-refractivity contribution in [3.63, 3.8) is 0 Å². The van der Waals surface area contributed by atoms with Gasteiger partial charge in [0.1, 0.15) is 13.2 Å². The molecule has 0 aromatic heterocycles. The standard InChI is InChI=1S/C66H116O6/c1-4-7-10-13-16-19-22-25-28-30-32-33-35-36-38-41-44-47-50-53-56-59-65(68)71-62-63(61-70-64(67)58-55-52-49-46-43-40-27-24-21-18-15-12-9-6-3)72-66(69)60-57-54-51-48-45-42-39-37-34-31-29-26-23-20-17-14-11-8-5-2/h8,11,15,17-18,20,24,26-27,29,34,37,63H,4-7,9-10,12-14,16,19,21-23,25,28,30-33,35-36,38-62H2,1-3H3/b11-8-,18-15-,20-17-,27-24-,29-26-,37-34-. The monoisotopic (exact) mass is 1000 g/mol. The molecular formula is C66H116O6. The first kappa shape index (κ1) is 68.8. The molecule has 0 fully saturated rings. The molecule has 0 saturated carbocycles. The Bertz CT molecular complexity index is 1340. The number of unbranched alkanes of at least 4 members (excludes halogenated alkanes) is 33. The van der Waals surface area contributed by atoms with Crippen molar-refractivity contribution in [1.82, 2.24) is 0 Å². The summed E-state index contributed by atoms with van der Waals surface area (Å²) in [5, 5.41) is 0. The van der Waals surface area contributed by atoms with Gasteiger partial charge in [-0.05, 0) is 83.5 Å². The molecule has 6 nitrogen and oxygen atoms in total. The van der Waals surface area contributed by atoms with E-state index in [-0.39, 0.29) is 31.1 Å². The van der Waals surface area contributed by atoms with Crippen molar-refractivity contribution >= 4 is 17.9 Å². The van der Waals surface area contributed by atoms with Crippen molar-refractivity contribution < 1.29 is 28.6 Å². The van der Waals surface area contributed by atoms with Crippen LogP contribution in [0.15, 0.2) is 72.9 Å². The van der Waals surface area contributed by atoms with E-state index in [4.69, 9.17) is 14.2 Å². The zero-order valence-corrected chi connectivity index (χ0v) is 47.7. The summed E-state index contributed by atoms with van der Waals surface area (Å²) in [6.45, 7) is 6.50. The summed E-state index contributed by atoms with van der Waals surface area (Å²) in [5.74, 6) is -0.898. The second-order valence-electron chi connectivity index (χ2n) is 20.6. The minimum Gasteiger partial charge on any atom is -0.462 e. The van der Waals surface area contributed by atoms with Gasteiger partial charge in [0, 0.05) is 19.3 Å². The third-order valence-electron chi connectivity index (χ3n) is 13.4. The molecule has 0 N–H and O–H groups in total. The number of hydrogen-bond donors (Lipinski definition) is 0. The van der Waals surface area contributed by atoms with Crippen LogP contribution in [-0.4, -0.2) is 37.2 Å². The lowest BCUT2D eigenvalue weighted by Crippen LogP contribution is -2.30. The molecule has 1 atom stereocenters. The molecule has 1 unspecified atom stereocenters. The van der Waals surface area contributed by atoms with Crippen LogP contribution in [0, 0.1) is 0 Å². The van der Waals surface area contributed by atoms with E-state index in [0.29, 0.717) is 19.3 Å². The van der Waals surface area contributed by atoms with Crippen LogP contribution in [0.4, 0.5) is 0 Å². The number of esters is 3. The maximum Gasteiger partial charge on any atom is 0.306 e. The predicted molar refractivity (Wildman–Crippen MR) is 311 cm³/mol. The second kappa shape index (κ2) is 60.4. The normalized spacial score (nSPS) is 12.5. The van der Waals surface area contributed by atoms with Gasteiger partial charge in [0.25, 0.3) is 0 Å². The van der Waals surface area contributed by atoms with Crippen LogP contribution >= 0.6 is 0 Å². The van der Waals surface area contributed by atoms with Gasteiger partial charge in [0.15, 0.2) is 6.10 Å². The summed E-state index contributed by atoms with van der Waals surface area (Å²) in [6, 6.07) is 0. The van der Waals surface area contributed by atoms with Crippen molar-refractivity contribution in [2.45, 2.75) is 316 Å². The Hall–Kier alpha value is -3.15. The maximum atomic E-state index is 12.9. The van der Waals surface area contributed by atoms with E-state index < -0.39 is 6.10 Å². The van der Waals surface area contributed by atoms with Crippen molar-refractivity contribution in [2.24, 2.45) is 0 Å². The van der Waals surface area contributed by atoms with Crippen LogP contribution in [0.1, 0.15) is 310 Å². The highest BCUT2D eigenvalue weighted by atomic mass is 16.6. The smallest absolute Gasteiger partial charge is 0.306 e. The number of allylic oxidation sites excluding steroid dienone is 12. The number of carbonyl (C=O) groups is 3. The van der Waals surface area contributed by atoms with Crippen LogP contribution in [0.3, 0.4) is 0 Å². The first-order valence-corrected chi connectivity index (χ1v) is 30.9. The van der Waals surface area contributed by atoms with E-state index in [1.807, 2.05) is 0 Å². The molecule has 0 rings (SSSR count). The van der Waals surface area contributed by atoms with Crippen molar-refractivity contribution in [1.29, 1.82) is 0 Å². The van der Waals surface area contributed by atoms with Gasteiger partial charge in [0.05, 0.1) is 0 Å². The number of ether oxygens (including phenoxy) is 3. The third kappa shape index (κ3) is 57.7. The Balaban J connectivity index is 4.36. The van der Waals surface area contributed by atoms with Gasteiger partial charge in [-0.3, -0.25) is 14.4 Å². The Labute approximate surface area is 446 Å². The summed E-state index contributed by atoms with van der Waals surface area (Å²) in [4.78, 5) is 38.3. The molecule has 416 valence electrons. The van der Waals surface area contributed by atoms with Gasteiger partial charge in [-0.15, -0.1) is 0 Å². The summed E-state index contributed by atoms with van der Waals surface area (Å²) in [5.41, 5.74) is 0. The Morgan fingerprint density at radius 1 is 0.292 bits per heavy atom. The molecule has 0 radical (unpaired) electrons. The first-order valence-electron chi connectivity index (χ1n) is 30.9. The lowest BCUT2D eigenvalue weighted by atomic mass is 10.0. The molecule has 0 aromatic carbocycles. The largest absolute Gasteiger partial charge is 0.462 e. The van der Waals surface area contributed by atoms with Crippen LogP contribution in [0.25, 0.3) is 0 Å². The molecule has 0 aliphatic rings. The number of hydrogen-bond acceptors (Lipinski definition) is 6. The van der Waals surface area contributed by atoms with Gasteiger partial charge < -0.3 is 14.2 Å². The van der Waals surface area contributed by atoms with Crippen molar-refractivity contribution in [3.05, 3.63) is 72.9 Å². The van der Waals surface area contributed by atoms with Crippen LogP contribution < -0.4 is 0 Å². The summed E-state index contributed by atoms with van der Waals surface area (Å²) < 4.78 is 16.9. The first-order chi connectivity index (χ1) is 35.5. The SMILES string of the molecule is CC/C=C\C/C=C\C/C=C\C/C=C\CCCCCCCCC(=O)OC(COC(=O)CCCCCCC/C=C\C/C=C\CCCC)COC(=O)CCCCCCCCCCCCCCCCCCCCCCC. The molecule has 0 aliphatic heterocycles. The molecular weight excluding hydrogens is 889 g/mol. The number of rotatable bonds is 56. The Morgan fingerprint density at radius 3 is 0.889 bits per heavy atom. The highest BCUT2D eigenvalue weighted by Crippen LogP contribution is 2.17. The minimum absolute atomic E-state index is 0.0834. The summed E-state index contributed by atoms with van der Waals surface area (Å²) in [6.07, 6.45) is 77.6. The predicted octanol–water partition coefficient (Wildman–Crippen LogP) is 20.9. The average Bonchev–Trinajstić information content (AvgIpc) is 3.38. The zero-order chi connectivity index (χ0) is 52.2. The fraction of sp³-hybridized carbons (Fsp3) is 0.773. The fourth-order valence-electron chi connectivity index (χ4n) is 8.81. The van der Waals surface area contributed by atoms with E-state index in [0.717, 1.165) is 116 Å². The highest BCUT2D eigenvalue weighted by Gasteiger charge is 2.19. The van der Waals surface area contributed by atoms with Gasteiger partial charge in [-0.1, -0.05) is 280 Å². The Morgan fingerprint density at radius 2 is 0.556 bits per heavy atom. The van der Waals surface area contributed by atoms with Crippen molar-refractivity contribution in [3.8, 4) is 0 Å². The Kier molecular flexibility index (Phi) is 57.8. The molecule has 0 spiro atoms. The molecule has 0 aliphatic carbocycles. The molecule has 6 heteroatoms. The lowest BCUT2D eigenvalue weighted by Gasteiger charge is -2.18. The maximum absolute atomic E-state index is 12.9. The van der Waals surface area contributed by atoms with E-state index in [1.165, 1.54) is 154 Å². The summed E-state index contributed by atoms with van der Waals surface area (Å²) in [7, 11) is 0. The van der Waals surface area contributed by atoms with E-state index in [9.17, 15) is 14.4 Å². The molecule has 0 amide bonds. The molecule has 72 heavy (non-hydrogen) atoms. The highest BCUT2D eigenvalue weighted by molar-refractivity contribution is 5.71. The molecule has 0 bridgehead atoms. The third-order valence-corrected chi connectivity index (χ3v) is 13.4. The quantitative estimate of drug-likeness (QED) is 0.0261. The van der Waals surface area contributed by atoms with Crippen molar-refractivity contribution in [2.75, 3.05) is 13.2 Å². The zero-order valence-electron chi connectivity index (χ0n) is 47.7. The molecule has 0 heterocycles. The van der Waals surface area contributed by atoms with Gasteiger partial charge in [-0.25, -0.2) is 0 Å². The van der Waals surface area contributed by atoms with Crippen LogP contribution in [0.5, 0.6) is 0 Å². The van der Waals surface area contributed by atoms with E-state index >= 15 is 0 Å². The average molecular weight is 1010 g/mol. The van der Waals surface area contributed by atoms with E-state index in [1.54, 1.807) is 0 Å². The molecule has 0 aromatic rings. The second-order valence-corrected chi connectivity index (χ2v) is 20.6. The minimum atomic E-state index is -0.789. The lowest BCUT2D eigenvalue weighted by molar-refractivity contribution is -0.167. The van der Waals surface area contributed by atoms with Gasteiger partial charge >= 0.3 is 17.9 Å². The fourth-order valence-corrected chi connectivity index (χ4v) is 8.81. The number of carbonyl (C=O) groups excluding carboxylic acids is 3. The van der Waals surface area contributed by atoms with Gasteiger partial charge in [-0.2, -0.15) is 0 Å². The van der Waals surface area contributed by atoms with Crippen LogP contribution in [0.2, 0.25) is 0 Å². The van der Waals surface area contributed by atoms with E-state index in [2.05, 4.69) is 93.7 Å². The van der Waals surface area contributed by atoms with Gasteiger partial charge in [0.2, 0.25) is 0 Å². The van der Waals surface area contributed by atoms with Crippen LogP contribution in [-0.2, 0) is 28.6 Å².